The van der Waals surface area contributed by atoms with E-state index < -0.39 is 22.7 Å². The molecule has 0 aromatic heterocycles. The Labute approximate surface area is 134 Å². The molecule has 5 N–H and O–H groups in total. The molecule has 3 rings (SSSR count). The number of benzene rings is 2. The number of aliphatic hydroxyl groups is 2. The largest absolute Gasteiger partial charge is 0.480 e. The van der Waals surface area contributed by atoms with Crippen molar-refractivity contribution in [2.24, 2.45) is 5.73 Å². The van der Waals surface area contributed by atoms with E-state index in [1.54, 1.807) is 60.7 Å². The number of rotatable bonds is 3. The van der Waals surface area contributed by atoms with Gasteiger partial charge in [0.1, 0.15) is 16.7 Å². The Morgan fingerprint density at radius 1 is 0.826 bits per heavy atom. The molecule has 0 heterocycles. The minimum Gasteiger partial charge on any atom is -0.480 e. The second kappa shape index (κ2) is 5.16. The van der Waals surface area contributed by atoms with E-state index in [2.05, 4.69) is 0 Å². The van der Waals surface area contributed by atoms with E-state index in [9.17, 15) is 20.1 Å². The Hall–Kier alpha value is -2.21. The molecule has 120 valence electrons. The molecule has 1 aliphatic rings. The third-order valence-electron chi connectivity index (χ3n) is 4.76. The predicted octanol–water partition coefficient (Wildman–Crippen LogP) is 1.34. The van der Waals surface area contributed by atoms with Crippen LogP contribution in [0, 0.1) is 0 Å². The van der Waals surface area contributed by atoms with Gasteiger partial charge in [0.05, 0.1) is 0 Å². The number of carboxylic acid groups (broad SMARTS) is 1. The molecular formula is C18H19NO4. The van der Waals surface area contributed by atoms with Gasteiger partial charge in [-0.1, -0.05) is 60.7 Å². The topological polar surface area (TPSA) is 104 Å². The van der Waals surface area contributed by atoms with Crippen LogP contribution in [0.5, 0.6) is 0 Å². The van der Waals surface area contributed by atoms with Gasteiger partial charge in [-0.2, -0.15) is 0 Å². The minimum absolute atomic E-state index is 0.273. The SMILES string of the molecule is NC1(C(=O)O)CC(O)(c2ccccc2)C(O)(c2ccccc2)C1. The van der Waals surface area contributed by atoms with Crippen LogP contribution >= 0.6 is 0 Å². The van der Waals surface area contributed by atoms with Crippen LogP contribution in [0.25, 0.3) is 0 Å². The van der Waals surface area contributed by atoms with Crippen molar-refractivity contribution >= 4 is 5.97 Å². The number of carbonyl (C=O) groups is 1. The quantitative estimate of drug-likeness (QED) is 0.684. The van der Waals surface area contributed by atoms with E-state index in [-0.39, 0.29) is 12.8 Å². The van der Waals surface area contributed by atoms with Crippen LogP contribution in [0.15, 0.2) is 60.7 Å². The average molecular weight is 313 g/mol. The molecule has 1 aliphatic carbocycles. The van der Waals surface area contributed by atoms with Gasteiger partial charge in [0.25, 0.3) is 0 Å². The molecule has 23 heavy (non-hydrogen) atoms. The molecule has 1 fully saturated rings. The lowest BCUT2D eigenvalue weighted by Gasteiger charge is -2.38. The molecule has 0 spiro atoms. The van der Waals surface area contributed by atoms with Crippen molar-refractivity contribution in [3.05, 3.63) is 71.8 Å². The molecule has 1 saturated carbocycles. The van der Waals surface area contributed by atoms with Gasteiger partial charge in [0.2, 0.25) is 0 Å². The summed E-state index contributed by atoms with van der Waals surface area (Å²) in [5.41, 5.74) is 1.61. The van der Waals surface area contributed by atoms with E-state index in [0.29, 0.717) is 11.1 Å². The van der Waals surface area contributed by atoms with Crippen molar-refractivity contribution in [2.75, 3.05) is 0 Å². The van der Waals surface area contributed by atoms with Gasteiger partial charge in [0, 0.05) is 12.8 Å². The monoisotopic (exact) mass is 313 g/mol. The lowest BCUT2D eigenvalue weighted by atomic mass is 9.76. The van der Waals surface area contributed by atoms with Gasteiger partial charge in [-0.05, 0) is 11.1 Å². The van der Waals surface area contributed by atoms with Crippen LogP contribution in [0.1, 0.15) is 24.0 Å². The maximum Gasteiger partial charge on any atom is 0.323 e. The molecule has 0 aliphatic heterocycles. The highest BCUT2D eigenvalue weighted by Crippen LogP contribution is 2.55. The van der Waals surface area contributed by atoms with Gasteiger partial charge < -0.3 is 21.1 Å². The lowest BCUT2D eigenvalue weighted by molar-refractivity contribution is -0.143. The van der Waals surface area contributed by atoms with Crippen LogP contribution in [-0.4, -0.2) is 26.8 Å². The van der Waals surface area contributed by atoms with Crippen LogP contribution in [0.2, 0.25) is 0 Å². The van der Waals surface area contributed by atoms with Crippen molar-refractivity contribution in [1.29, 1.82) is 0 Å². The van der Waals surface area contributed by atoms with Crippen LogP contribution < -0.4 is 5.73 Å². The summed E-state index contributed by atoms with van der Waals surface area (Å²) in [6.07, 6.45) is -0.546. The van der Waals surface area contributed by atoms with Gasteiger partial charge in [-0.25, -0.2) is 0 Å². The number of nitrogens with two attached hydrogens (primary N) is 1. The van der Waals surface area contributed by atoms with Crippen molar-refractivity contribution in [3.8, 4) is 0 Å². The summed E-state index contributed by atoms with van der Waals surface area (Å²) >= 11 is 0. The Balaban J connectivity index is 2.20. The van der Waals surface area contributed by atoms with Gasteiger partial charge in [0.15, 0.2) is 0 Å². The van der Waals surface area contributed by atoms with E-state index in [1.807, 2.05) is 0 Å². The van der Waals surface area contributed by atoms with Crippen molar-refractivity contribution in [2.45, 2.75) is 29.6 Å². The molecule has 0 bridgehead atoms. The van der Waals surface area contributed by atoms with Crippen LogP contribution in [0.4, 0.5) is 0 Å². The third kappa shape index (κ3) is 2.25. The Bertz CT molecular complexity index is 665. The predicted molar refractivity (Wildman–Crippen MR) is 84.5 cm³/mol. The highest BCUT2D eigenvalue weighted by Gasteiger charge is 2.65. The second-order valence-corrected chi connectivity index (χ2v) is 6.27. The van der Waals surface area contributed by atoms with Gasteiger partial charge in [-0.15, -0.1) is 0 Å². The normalized spacial score (nSPS) is 33.5. The molecular weight excluding hydrogens is 294 g/mol. The van der Waals surface area contributed by atoms with E-state index in [4.69, 9.17) is 5.73 Å². The molecule has 5 nitrogen and oxygen atoms in total. The Kier molecular flexibility index (Phi) is 3.52. The first-order chi connectivity index (χ1) is 10.8. The van der Waals surface area contributed by atoms with Gasteiger partial charge >= 0.3 is 5.97 Å². The molecule has 0 amide bonds. The van der Waals surface area contributed by atoms with Gasteiger partial charge in [-0.3, -0.25) is 4.79 Å². The first-order valence-electron chi connectivity index (χ1n) is 7.40. The number of aliphatic carboxylic acids is 1. The first kappa shape index (κ1) is 15.7. The minimum atomic E-state index is -1.79. The fraction of sp³-hybridized carbons (Fsp3) is 0.278. The van der Waals surface area contributed by atoms with E-state index in [1.165, 1.54) is 0 Å². The summed E-state index contributed by atoms with van der Waals surface area (Å²) < 4.78 is 0. The van der Waals surface area contributed by atoms with E-state index >= 15 is 0 Å². The van der Waals surface area contributed by atoms with Crippen molar-refractivity contribution in [1.82, 2.24) is 0 Å². The summed E-state index contributed by atoms with van der Waals surface area (Å²) in [6.45, 7) is 0. The fourth-order valence-electron chi connectivity index (χ4n) is 3.53. The highest BCUT2D eigenvalue weighted by molar-refractivity contribution is 5.80. The van der Waals surface area contributed by atoms with Crippen molar-refractivity contribution < 1.29 is 20.1 Å². The Morgan fingerprint density at radius 3 is 1.48 bits per heavy atom. The standard InChI is InChI=1S/C18H19NO4/c19-16(15(20)21)11-17(22,13-7-3-1-4-8-13)18(23,12-16)14-9-5-2-6-10-14/h1-10,22-23H,11-12,19H2,(H,20,21). The fourth-order valence-corrected chi connectivity index (χ4v) is 3.53. The number of carboxylic acids is 1. The first-order valence-corrected chi connectivity index (χ1v) is 7.40. The third-order valence-corrected chi connectivity index (χ3v) is 4.76. The summed E-state index contributed by atoms with van der Waals surface area (Å²) in [4.78, 5) is 11.6. The molecule has 2 aromatic carbocycles. The number of hydrogen-bond acceptors (Lipinski definition) is 4. The maximum atomic E-state index is 11.6. The summed E-state index contributed by atoms with van der Waals surface area (Å²) in [5.74, 6) is -1.24. The molecule has 2 aromatic rings. The highest BCUT2D eigenvalue weighted by atomic mass is 16.4. The van der Waals surface area contributed by atoms with Crippen LogP contribution in [0.3, 0.4) is 0 Å². The zero-order valence-electron chi connectivity index (χ0n) is 12.5. The summed E-state index contributed by atoms with van der Waals surface area (Å²) in [5, 5.41) is 32.1. The summed E-state index contributed by atoms with van der Waals surface area (Å²) in [6, 6.07) is 17.2. The zero-order chi connectivity index (χ0) is 16.7. The van der Waals surface area contributed by atoms with Crippen molar-refractivity contribution in [3.63, 3.8) is 0 Å². The zero-order valence-corrected chi connectivity index (χ0v) is 12.5. The van der Waals surface area contributed by atoms with E-state index in [0.717, 1.165) is 0 Å². The molecule has 0 saturated heterocycles. The molecule has 0 radical (unpaired) electrons. The lowest BCUT2D eigenvalue weighted by Crippen LogP contribution is -2.47. The molecule has 2 atom stereocenters. The maximum absolute atomic E-state index is 11.6. The smallest absolute Gasteiger partial charge is 0.323 e. The van der Waals surface area contributed by atoms with Crippen LogP contribution in [-0.2, 0) is 16.0 Å². The average Bonchev–Trinajstić information content (AvgIpc) is 2.78. The number of hydrogen-bond donors (Lipinski definition) is 4. The Morgan fingerprint density at radius 2 is 1.17 bits per heavy atom. The second-order valence-electron chi connectivity index (χ2n) is 6.27. The molecule has 2 unspecified atom stereocenters. The molecule has 5 heteroatoms. The summed E-state index contributed by atoms with van der Waals surface area (Å²) in [7, 11) is 0.